The van der Waals surface area contributed by atoms with Gasteiger partial charge in [-0.2, -0.15) is 4.39 Å². The van der Waals surface area contributed by atoms with Crippen molar-refractivity contribution in [2.45, 2.75) is 64.5 Å². The largest absolute Gasteiger partial charge is 0.573 e. The summed E-state index contributed by atoms with van der Waals surface area (Å²) in [5.41, 5.74) is 0.765. The van der Waals surface area contributed by atoms with Crippen LogP contribution in [0.4, 0.5) is 37.6 Å². The van der Waals surface area contributed by atoms with E-state index < -0.39 is 48.4 Å². The maximum Gasteiger partial charge on any atom is 0.573 e. The van der Waals surface area contributed by atoms with Crippen molar-refractivity contribution in [1.29, 1.82) is 0 Å². The van der Waals surface area contributed by atoms with Crippen LogP contribution < -0.4 is 15.4 Å². The lowest BCUT2D eigenvalue weighted by Gasteiger charge is -2.42. The fourth-order valence-corrected chi connectivity index (χ4v) is 7.92. The first kappa shape index (κ1) is 42.0. The molecular formula is C39H48F4N8O7. The topological polar surface area (TPSA) is 173 Å². The Morgan fingerprint density at radius 3 is 2.21 bits per heavy atom. The van der Waals surface area contributed by atoms with Gasteiger partial charge in [0.05, 0.1) is 13.2 Å². The number of halogens is 4. The molecule has 58 heavy (non-hydrogen) atoms. The summed E-state index contributed by atoms with van der Waals surface area (Å²) >= 11 is 0. The van der Waals surface area contributed by atoms with E-state index in [1.165, 1.54) is 48.4 Å². The number of aromatic amines is 1. The van der Waals surface area contributed by atoms with Gasteiger partial charge in [-0.3, -0.25) is 9.69 Å². The smallest absolute Gasteiger partial charge is 0.465 e. The number of nitrogens with one attached hydrogen (secondary N) is 3. The normalized spacial score (nSPS) is 19.9. The minimum atomic E-state index is -5.04. The fraction of sp³-hybridized carbons (Fsp3) is 0.513. The molecule has 3 aliphatic heterocycles. The Balaban J connectivity index is 1.14. The molecule has 0 saturated carbocycles. The quantitative estimate of drug-likeness (QED) is 0.179. The number of ether oxygens (including phenoxy) is 2. The van der Waals surface area contributed by atoms with Gasteiger partial charge < -0.3 is 44.9 Å². The predicted octanol–water partition coefficient (Wildman–Crippen LogP) is 6.36. The molecule has 3 saturated heterocycles. The van der Waals surface area contributed by atoms with Gasteiger partial charge in [0, 0.05) is 74.7 Å². The molecule has 3 aromatic rings. The van der Waals surface area contributed by atoms with Crippen LogP contribution >= 0.6 is 0 Å². The summed E-state index contributed by atoms with van der Waals surface area (Å²) in [6, 6.07) is 8.24. The zero-order valence-corrected chi connectivity index (χ0v) is 32.6. The van der Waals surface area contributed by atoms with Crippen LogP contribution in [0.2, 0.25) is 0 Å². The van der Waals surface area contributed by atoms with Crippen LogP contribution in [-0.4, -0.2) is 130 Å². The molecule has 0 spiro atoms. The lowest BCUT2D eigenvalue weighted by Crippen LogP contribution is -2.55. The highest BCUT2D eigenvalue weighted by Crippen LogP contribution is 2.39. The number of alkyl halides is 3. The van der Waals surface area contributed by atoms with E-state index in [1.54, 1.807) is 23.6 Å². The number of piperidine rings is 1. The number of carbonyl (C=O) groups is 4. The molecule has 4 N–H and O–H groups in total. The number of hydrogen-bond acceptors (Lipinski definition) is 8. The first-order valence-electron chi connectivity index (χ1n) is 19.2. The van der Waals surface area contributed by atoms with Gasteiger partial charge in [-0.15, -0.1) is 13.2 Å². The highest BCUT2D eigenvalue weighted by atomic mass is 19.4. The molecule has 0 aliphatic carbocycles. The number of H-pyrrole nitrogens is 1. The maximum atomic E-state index is 15.5. The van der Waals surface area contributed by atoms with E-state index in [9.17, 15) is 37.5 Å². The van der Waals surface area contributed by atoms with E-state index in [0.29, 0.717) is 76.2 Å². The number of carbonyl (C=O) groups excluding carboxylic acids is 3. The molecular weight excluding hydrogens is 768 g/mol. The Morgan fingerprint density at radius 1 is 0.948 bits per heavy atom. The Kier molecular flexibility index (Phi) is 12.7. The Labute approximate surface area is 332 Å². The SMILES string of the molecule is COC(=O)N[C@H](C(=O)N1C[C@@H](C)C[C@H]1c1nc(-c2ccc(-c3ccc(NC(=O)N4CCN(C5CCN(C(=O)O)CC5)CC4)cc3OC(F)(F)F)cc2)c(F)[nH]1)C(C)C. The third-order valence-electron chi connectivity index (χ3n) is 11.0. The second-order valence-corrected chi connectivity index (χ2v) is 15.3. The summed E-state index contributed by atoms with van der Waals surface area (Å²) in [7, 11) is 1.20. The van der Waals surface area contributed by atoms with E-state index in [1.807, 2.05) is 6.92 Å². The number of urea groups is 1. The summed E-state index contributed by atoms with van der Waals surface area (Å²) in [6.07, 6.45) is -4.82. The zero-order chi connectivity index (χ0) is 41.9. The number of rotatable bonds is 9. The molecule has 0 unspecified atom stereocenters. The minimum Gasteiger partial charge on any atom is -0.465 e. The van der Waals surface area contributed by atoms with Crippen LogP contribution in [-0.2, 0) is 9.53 Å². The Bertz CT molecular complexity index is 1960. The number of nitrogens with zero attached hydrogens (tertiary/aromatic N) is 5. The van der Waals surface area contributed by atoms with E-state index in [0.717, 1.165) is 6.07 Å². The average molecular weight is 817 g/mol. The lowest BCUT2D eigenvalue weighted by atomic mass is 10.0. The number of piperazine rings is 1. The number of methoxy groups -OCH3 is 1. The summed E-state index contributed by atoms with van der Waals surface area (Å²) in [4.78, 5) is 64.0. The second-order valence-electron chi connectivity index (χ2n) is 15.3. The summed E-state index contributed by atoms with van der Waals surface area (Å²) < 4.78 is 65.5. The first-order chi connectivity index (χ1) is 27.5. The van der Waals surface area contributed by atoms with Gasteiger partial charge in [-0.05, 0) is 48.8 Å². The van der Waals surface area contributed by atoms with Gasteiger partial charge >= 0.3 is 24.6 Å². The Morgan fingerprint density at radius 2 is 1.60 bits per heavy atom. The van der Waals surface area contributed by atoms with Gasteiger partial charge in [0.2, 0.25) is 11.9 Å². The summed E-state index contributed by atoms with van der Waals surface area (Å²) in [5.74, 6) is -1.65. The van der Waals surface area contributed by atoms with Crippen molar-refractivity contribution < 1.29 is 51.3 Å². The van der Waals surface area contributed by atoms with Crippen molar-refractivity contribution >= 4 is 29.8 Å². The number of alkyl carbamates (subject to hydrolysis) is 1. The molecule has 3 aliphatic rings. The van der Waals surface area contributed by atoms with Crippen molar-refractivity contribution in [3.63, 3.8) is 0 Å². The predicted molar refractivity (Wildman–Crippen MR) is 203 cm³/mol. The van der Waals surface area contributed by atoms with Crippen molar-refractivity contribution in [3.05, 3.63) is 54.2 Å². The number of imidazole rings is 1. The summed E-state index contributed by atoms with van der Waals surface area (Å²) in [6.45, 7) is 8.75. The van der Waals surface area contributed by atoms with Crippen LogP contribution in [0, 0.1) is 17.8 Å². The fourth-order valence-electron chi connectivity index (χ4n) is 7.92. The number of benzene rings is 2. The molecule has 5 amide bonds. The van der Waals surface area contributed by atoms with E-state index in [4.69, 9.17) is 4.74 Å². The molecule has 2 aromatic carbocycles. The number of anilines is 1. The van der Waals surface area contributed by atoms with Gasteiger partial charge in [-0.1, -0.05) is 45.0 Å². The molecule has 314 valence electrons. The van der Waals surface area contributed by atoms with Crippen LogP contribution in [0.1, 0.15) is 51.9 Å². The monoisotopic (exact) mass is 816 g/mol. The lowest BCUT2D eigenvalue weighted by molar-refractivity contribution is -0.274. The molecule has 4 heterocycles. The van der Waals surface area contributed by atoms with Crippen LogP contribution in [0.5, 0.6) is 5.75 Å². The number of carboxylic acid groups (broad SMARTS) is 1. The highest BCUT2D eigenvalue weighted by Gasteiger charge is 2.41. The van der Waals surface area contributed by atoms with Crippen LogP contribution in [0.3, 0.4) is 0 Å². The maximum absolute atomic E-state index is 15.5. The van der Waals surface area contributed by atoms with Crippen molar-refractivity contribution in [3.8, 4) is 28.1 Å². The second kappa shape index (κ2) is 17.5. The van der Waals surface area contributed by atoms with Gasteiger partial charge in [0.15, 0.2) is 0 Å². The van der Waals surface area contributed by atoms with E-state index in [-0.39, 0.29) is 46.6 Å². The first-order valence-corrected chi connectivity index (χ1v) is 19.2. The molecule has 1 aromatic heterocycles. The molecule has 3 fully saturated rings. The van der Waals surface area contributed by atoms with Gasteiger partial charge in [0.25, 0.3) is 0 Å². The molecule has 15 nitrogen and oxygen atoms in total. The zero-order valence-electron chi connectivity index (χ0n) is 32.6. The molecule has 19 heteroatoms. The van der Waals surface area contributed by atoms with Crippen molar-refractivity contribution in [2.75, 3.05) is 58.2 Å². The third kappa shape index (κ3) is 9.74. The molecule has 0 bridgehead atoms. The van der Waals surface area contributed by atoms with Crippen LogP contribution in [0.25, 0.3) is 22.4 Å². The summed E-state index contributed by atoms with van der Waals surface area (Å²) in [5, 5.41) is 14.5. The van der Waals surface area contributed by atoms with Crippen molar-refractivity contribution in [2.24, 2.45) is 11.8 Å². The third-order valence-corrected chi connectivity index (χ3v) is 11.0. The van der Waals surface area contributed by atoms with Crippen molar-refractivity contribution in [1.82, 2.24) is 34.9 Å². The average Bonchev–Trinajstić information content (AvgIpc) is 3.78. The number of amides is 5. The highest BCUT2D eigenvalue weighted by molar-refractivity contribution is 5.90. The van der Waals surface area contributed by atoms with Gasteiger partial charge in [0.1, 0.15) is 23.3 Å². The Hall–Kier alpha value is -5.59. The molecule has 6 rings (SSSR count). The van der Waals surface area contributed by atoms with E-state index in [2.05, 4.69) is 30.2 Å². The number of hydrogen-bond donors (Lipinski definition) is 4. The van der Waals surface area contributed by atoms with Gasteiger partial charge in [-0.25, -0.2) is 19.4 Å². The number of aromatic nitrogens is 2. The minimum absolute atomic E-state index is 0.0455. The number of likely N-dealkylation sites (tertiary alicyclic amines) is 2. The molecule has 0 radical (unpaired) electrons. The molecule has 3 atom stereocenters. The van der Waals surface area contributed by atoms with E-state index >= 15 is 4.39 Å². The standard InChI is InChI=1S/C39H48F4N8O7/c1-22(2)31(46-37(54)57-4)35(52)51-21-23(3)19-29(51)34-45-32(33(40)47-34)25-7-5-24(6-8-25)28-10-9-26(20-30(28)58-39(41,42)43)44-36(53)49-17-15-48(16-18-49)27-11-13-50(14-12-27)38(55)56/h5-10,20,22-23,27,29,31H,11-19,21H2,1-4H3,(H,44,53)(H,45,47)(H,46,54)(H,55,56)/t23-,29-,31-/m0/s1. The van der Waals surface area contributed by atoms with Crippen LogP contribution in [0.15, 0.2) is 42.5 Å².